The monoisotopic (exact) mass is 744 g/mol. The van der Waals surface area contributed by atoms with Crippen molar-refractivity contribution in [2.45, 2.75) is 124 Å². The van der Waals surface area contributed by atoms with Gasteiger partial charge in [0.25, 0.3) is 0 Å². The molecule has 12 heteroatoms. The number of nitrogens with zero attached hydrogens (tertiary/aromatic N) is 3. The van der Waals surface area contributed by atoms with Crippen molar-refractivity contribution < 1.29 is 33.4 Å². The summed E-state index contributed by atoms with van der Waals surface area (Å²) in [5.41, 5.74) is 1.67. The number of likely N-dealkylation sites (N-methyl/N-ethyl adjacent to an activating group) is 2. The summed E-state index contributed by atoms with van der Waals surface area (Å²) < 4.78 is 11.9. The molecule has 1 saturated heterocycles. The number of likely N-dealkylation sites (tertiary alicyclic amines) is 1. The summed E-state index contributed by atoms with van der Waals surface area (Å²) in [6, 6.07) is 5.51. The van der Waals surface area contributed by atoms with Gasteiger partial charge in [-0.15, -0.1) is 0 Å². The third-order valence-electron chi connectivity index (χ3n) is 11.0. The van der Waals surface area contributed by atoms with Gasteiger partial charge in [0.1, 0.15) is 6.04 Å². The van der Waals surface area contributed by atoms with Crippen LogP contribution in [0, 0.1) is 23.7 Å². The number of ketones is 1. The van der Waals surface area contributed by atoms with E-state index in [1.165, 1.54) is 6.92 Å². The zero-order valence-corrected chi connectivity index (χ0v) is 34.7. The molecule has 0 aromatic heterocycles. The number of amides is 4. The van der Waals surface area contributed by atoms with E-state index in [0.717, 1.165) is 18.4 Å². The van der Waals surface area contributed by atoms with Crippen LogP contribution in [0.4, 0.5) is 0 Å². The number of hydrogen-bond acceptors (Lipinski definition) is 8. The molecule has 0 bridgehead atoms. The summed E-state index contributed by atoms with van der Waals surface area (Å²) >= 11 is 0. The Morgan fingerprint density at radius 2 is 1.53 bits per heavy atom. The lowest BCUT2D eigenvalue weighted by atomic mass is 9.89. The molecule has 1 aliphatic rings. The molecule has 8 atom stereocenters. The molecule has 8 unspecified atom stereocenters. The molecular formula is C41H69N5O7. The van der Waals surface area contributed by atoms with Gasteiger partial charge in [-0.3, -0.25) is 28.9 Å². The van der Waals surface area contributed by atoms with E-state index in [0.29, 0.717) is 31.5 Å². The average Bonchev–Trinajstić information content (AvgIpc) is 3.59. The van der Waals surface area contributed by atoms with Gasteiger partial charge in [0.15, 0.2) is 5.78 Å². The predicted molar refractivity (Wildman–Crippen MR) is 208 cm³/mol. The Kier molecular flexibility index (Phi) is 18.6. The van der Waals surface area contributed by atoms with Crippen molar-refractivity contribution in [3.63, 3.8) is 0 Å². The molecule has 1 heterocycles. The molecule has 0 saturated carbocycles. The zero-order chi connectivity index (χ0) is 40.2. The summed E-state index contributed by atoms with van der Waals surface area (Å²) in [6.45, 7) is 16.2. The molecular weight excluding hydrogens is 674 g/mol. The molecule has 1 aromatic rings. The average molecular weight is 744 g/mol. The zero-order valence-electron chi connectivity index (χ0n) is 34.7. The first-order chi connectivity index (χ1) is 24.9. The van der Waals surface area contributed by atoms with Crippen molar-refractivity contribution in [2.75, 3.05) is 48.5 Å². The van der Waals surface area contributed by atoms with Crippen LogP contribution in [0.3, 0.4) is 0 Å². The fourth-order valence-corrected chi connectivity index (χ4v) is 7.81. The second kappa shape index (κ2) is 21.5. The number of ether oxygens (including phenoxy) is 2. The summed E-state index contributed by atoms with van der Waals surface area (Å²) in [5, 5.41) is 6.06. The van der Waals surface area contributed by atoms with Crippen molar-refractivity contribution in [2.24, 2.45) is 23.7 Å². The van der Waals surface area contributed by atoms with Crippen LogP contribution in [-0.2, 0) is 35.1 Å². The third-order valence-corrected chi connectivity index (χ3v) is 11.0. The highest BCUT2D eigenvalue weighted by atomic mass is 16.5. The summed E-state index contributed by atoms with van der Waals surface area (Å²) in [6.07, 6.45) is 1.79. The molecule has 0 spiro atoms. The van der Waals surface area contributed by atoms with Crippen LogP contribution in [0.5, 0.6) is 0 Å². The number of nitrogens with one attached hydrogen (secondary N) is 2. The van der Waals surface area contributed by atoms with E-state index in [1.807, 2.05) is 77.6 Å². The highest BCUT2D eigenvalue weighted by Crippen LogP contribution is 2.29. The largest absolute Gasteiger partial charge is 0.379 e. The van der Waals surface area contributed by atoms with Crippen LogP contribution < -0.4 is 10.6 Å². The third kappa shape index (κ3) is 12.3. The minimum atomic E-state index is -0.751. The van der Waals surface area contributed by atoms with Crippen LogP contribution >= 0.6 is 0 Å². The van der Waals surface area contributed by atoms with Gasteiger partial charge in [0.2, 0.25) is 23.6 Å². The van der Waals surface area contributed by atoms with Gasteiger partial charge in [-0.25, -0.2) is 0 Å². The number of Topliss-reactive ketones (excluding diaryl/α,β-unsaturated/α-hetero) is 1. The van der Waals surface area contributed by atoms with Gasteiger partial charge in [-0.05, 0) is 63.6 Å². The normalized spacial score (nSPS) is 18.6. The maximum Gasteiger partial charge on any atom is 0.245 e. The summed E-state index contributed by atoms with van der Waals surface area (Å²) in [5.74, 6) is -1.31. The molecule has 1 aromatic carbocycles. The van der Waals surface area contributed by atoms with Crippen LogP contribution in [0.2, 0.25) is 0 Å². The Morgan fingerprint density at radius 1 is 0.906 bits per heavy atom. The Labute approximate surface area is 319 Å². The number of hydrogen-bond donors (Lipinski definition) is 2. The Hall–Kier alpha value is -3.35. The van der Waals surface area contributed by atoms with Crippen molar-refractivity contribution in [3.05, 3.63) is 35.4 Å². The molecule has 2 rings (SSSR count). The maximum absolute atomic E-state index is 14.2. The lowest BCUT2D eigenvalue weighted by Gasteiger charge is -2.41. The minimum Gasteiger partial charge on any atom is -0.379 e. The second-order valence-electron chi connectivity index (χ2n) is 15.8. The maximum atomic E-state index is 14.2. The van der Waals surface area contributed by atoms with Gasteiger partial charge < -0.3 is 29.9 Å². The molecule has 53 heavy (non-hydrogen) atoms. The number of benzene rings is 1. The SMILES string of the molecule is CCC(C)C(C(CC(=O)N1CCCC1C(OC)C(C)C(=O)NCCc1ccc(C(C)=O)cc1)OC)N(C)C(=O)C(NC(=O)C(C(C)C)N(C)C)C(C)C. The van der Waals surface area contributed by atoms with E-state index in [-0.39, 0.29) is 65.7 Å². The molecule has 12 nitrogen and oxygen atoms in total. The standard InChI is InChI=1S/C41H69N5O7/c1-14-27(6)37(45(11)41(51)35(25(2)3)43-40(50)36(26(4)5)44(9)10)33(52-12)24-34(48)46-23-15-16-32(46)38(53-13)28(7)39(49)42-22-21-30-17-19-31(20-18-30)29(8)47/h17-20,25-28,32-33,35-38H,14-16,21-24H2,1-13H3,(H,42,49)(H,43,50). The highest BCUT2D eigenvalue weighted by molar-refractivity contribution is 5.94. The molecule has 0 radical (unpaired) electrons. The van der Waals surface area contributed by atoms with Crippen molar-refractivity contribution in [1.82, 2.24) is 25.3 Å². The molecule has 0 aliphatic carbocycles. The summed E-state index contributed by atoms with van der Waals surface area (Å²) in [7, 11) is 8.61. The van der Waals surface area contributed by atoms with Crippen LogP contribution in [0.15, 0.2) is 24.3 Å². The topological polar surface area (TPSA) is 138 Å². The Bertz CT molecular complexity index is 1340. The van der Waals surface area contributed by atoms with Crippen molar-refractivity contribution >= 4 is 29.4 Å². The van der Waals surface area contributed by atoms with Gasteiger partial charge in [-0.1, -0.05) is 79.2 Å². The van der Waals surface area contributed by atoms with Gasteiger partial charge >= 0.3 is 0 Å². The van der Waals surface area contributed by atoms with Crippen molar-refractivity contribution in [3.8, 4) is 0 Å². The first-order valence-corrected chi connectivity index (χ1v) is 19.4. The molecule has 2 N–H and O–H groups in total. The number of methoxy groups -OCH3 is 2. The lowest BCUT2D eigenvalue weighted by molar-refractivity contribution is -0.148. The fourth-order valence-electron chi connectivity index (χ4n) is 7.81. The molecule has 1 fully saturated rings. The number of rotatable bonds is 21. The quantitative estimate of drug-likeness (QED) is 0.179. The fraction of sp³-hybridized carbons (Fsp3) is 0.732. The van der Waals surface area contributed by atoms with E-state index in [4.69, 9.17) is 9.47 Å². The van der Waals surface area contributed by atoms with E-state index < -0.39 is 30.2 Å². The van der Waals surface area contributed by atoms with E-state index in [9.17, 15) is 24.0 Å². The Morgan fingerprint density at radius 3 is 2.02 bits per heavy atom. The van der Waals surface area contributed by atoms with E-state index in [1.54, 1.807) is 38.3 Å². The molecule has 4 amide bonds. The van der Waals surface area contributed by atoms with Crippen LogP contribution in [-0.4, -0.2) is 129 Å². The van der Waals surface area contributed by atoms with Gasteiger partial charge in [0, 0.05) is 39.9 Å². The van der Waals surface area contributed by atoms with Crippen LogP contribution in [0.1, 0.15) is 97.0 Å². The number of carbonyl (C=O) groups excluding carboxylic acids is 5. The summed E-state index contributed by atoms with van der Waals surface area (Å²) in [4.78, 5) is 72.0. The van der Waals surface area contributed by atoms with Gasteiger partial charge in [0.05, 0.1) is 42.7 Å². The molecule has 1 aliphatic heterocycles. The Balaban J connectivity index is 2.19. The van der Waals surface area contributed by atoms with Gasteiger partial charge in [-0.2, -0.15) is 0 Å². The van der Waals surface area contributed by atoms with E-state index >= 15 is 0 Å². The smallest absolute Gasteiger partial charge is 0.245 e. The highest BCUT2D eigenvalue weighted by Gasteiger charge is 2.43. The predicted octanol–water partition coefficient (Wildman–Crippen LogP) is 4.20. The number of carbonyl (C=O) groups is 5. The van der Waals surface area contributed by atoms with Crippen molar-refractivity contribution in [1.29, 1.82) is 0 Å². The second-order valence-corrected chi connectivity index (χ2v) is 15.8. The molecule has 300 valence electrons. The van der Waals surface area contributed by atoms with Crippen LogP contribution in [0.25, 0.3) is 0 Å². The first-order valence-electron chi connectivity index (χ1n) is 19.4. The van der Waals surface area contributed by atoms with E-state index in [2.05, 4.69) is 17.6 Å². The first kappa shape index (κ1) is 45.8. The lowest BCUT2D eigenvalue weighted by Crippen LogP contribution is -2.59. The minimum absolute atomic E-state index is 0.00714.